The zero-order valence-electron chi connectivity index (χ0n) is 14.9. The molecule has 0 radical (unpaired) electrons. The van der Waals surface area contributed by atoms with E-state index in [1.807, 2.05) is 30.3 Å². The molecule has 26 heavy (non-hydrogen) atoms. The summed E-state index contributed by atoms with van der Waals surface area (Å²) < 4.78 is 6.87. The Balaban J connectivity index is 1.69. The van der Waals surface area contributed by atoms with Gasteiger partial charge in [0, 0.05) is 19.5 Å². The number of aryl methyl sites for hydroxylation is 1. The van der Waals surface area contributed by atoms with Gasteiger partial charge in [-0.25, -0.2) is 4.98 Å². The van der Waals surface area contributed by atoms with Gasteiger partial charge in [-0.2, -0.15) is 0 Å². The second-order valence-corrected chi connectivity index (χ2v) is 6.26. The lowest BCUT2D eigenvalue weighted by molar-refractivity contribution is -0.132. The molecule has 2 heterocycles. The molecule has 2 aromatic heterocycles. The minimum Gasteiger partial charge on any atom is -0.467 e. The monoisotopic (exact) mass is 353 g/mol. The second kappa shape index (κ2) is 8.47. The highest BCUT2D eigenvalue weighted by Gasteiger charge is 2.15. The Morgan fingerprint density at radius 2 is 2.08 bits per heavy atom. The van der Waals surface area contributed by atoms with Gasteiger partial charge in [0.05, 0.1) is 30.0 Å². The average Bonchev–Trinajstić information content (AvgIpc) is 3.17. The number of benzene rings is 1. The van der Waals surface area contributed by atoms with E-state index in [-0.39, 0.29) is 17.9 Å². The van der Waals surface area contributed by atoms with Crippen LogP contribution in [0.5, 0.6) is 0 Å². The fourth-order valence-corrected chi connectivity index (χ4v) is 2.87. The van der Waals surface area contributed by atoms with Crippen molar-refractivity contribution in [3.63, 3.8) is 0 Å². The van der Waals surface area contributed by atoms with Gasteiger partial charge in [0.25, 0.3) is 5.56 Å². The molecular formula is C20H23N3O3. The molecular weight excluding hydrogens is 330 g/mol. The predicted molar refractivity (Wildman–Crippen MR) is 99.7 cm³/mol. The molecule has 0 fully saturated rings. The van der Waals surface area contributed by atoms with E-state index in [0.717, 1.165) is 18.6 Å². The number of aromatic nitrogens is 2. The Bertz CT molecular complexity index is 915. The van der Waals surface area contributed by atoms with Crippen LogP contribution < -0.4 is 5.56 Å². The number of nitrogens with zero attached hydrogens (tertiary/aromatic N) is 3. The Morgan fingerprint density at radius 3 is 2.85 bits per heavy atom. The minimum absolute atomic E-state index is 0.00917. The van der Waals surface area contributed by atoms with Gasteiger partial charge in [0.15, 0.2) is 0 Å². The molecule has 0 aliphatic heterocycles. The number of para-hydroxylation sites is 1. The van der Waals surface area contributed by atoms with Gasteiger partial charge >= 0.3 is 0 Å². The fourth-order valence-electron chi connectivity index (χ4n) is 2.87. The van der Waals surface area contributed by atoms with Crippen LogP contribution in [-0.2, 0) is 17.9 Å². The van der Waals surface area contributed by atoms with Gasteiger partial charge in [0.2, 0.25) is 5.91 Å². The molecule has 1 aromatic carbocycles. The highest BCUT2D eigenvalue weighted by molar-refractivity contribution is 5.77. The minimum atomic E-state index is -0.116. The Kier molecular flexibility index (Phi) is 5.84. The van der Waals surface area contributed by atoms with Crippen molar-refractivity contribution in [2.24, 2.45) is 0 Å². The van der Waals surface area contributed by atoms with Crippen LogP contribution in [0.4, 0.5) is 0 Å². The third kappa shape index (κ3) is 4.20. The lowest BCUT2D eigenvalue weighted by Crippen LogP contribution is -2.33. The number of furan rings is 1. The summed E-state index contributed by atoms with van der Waals surface area (Å²) in [6.45, 7) is 3.55. The highest BCUT2D eigenvalue weighted by Crippen LogP contribution is 2.10. The van der Waals surface area contributed by atoms with Crippen molar-refractivity contribution in [3.05, 3.63) is 65.1 Å². The molecule has 0 N–H and O–H groups in total. The average molecular weight is 353 g/mol. The van der Waals surface area contributed by atoms with Crippen molar-refractivity contribution in [2.75, 3.05) is 6.54 Å². The number of unbranched alkanes of at least 4 members (excludes halogenated alkanes) is 1. The molecule has 3 aromatic rings. The fraction of sp³-hybridized carbons (Fsp3) is 0.350. The first-order chi connectivity index (χ1) is 12.7. The van der Waals surface area contributed by atoms with Gasteiger partial charge in [-0.15, -0.1) is 0 Å². The molecule has 136 valence electrons. The Labute approximate surface area is 152 Å². The van der Waals surface area contributed by atoms with Gasteiger partial charge in [0.1, 0.15) is 5.76 Å². The maximum atomic E-state index is 12.7. The summed E-state index contributed by atoms with van der Waals surface area (Å²) in [5, 5.41) is 0.570. The van der Waals surface area contributed by atoms with Crippen molar-refractivity contribution in [1.29, 1.82) is 0 Å². The zero-order valence-corrected chi connectivity index (χ0v) is 14.9. The number of fused-ring (bicyclic) bond motifs is 1. The second-order valence-electron chi connectivity index (χ2n) is 6.26. The molecule has 0 unspecified atom stereocenters. The van der Waals surface area contributed by atoms with Gasteiger partial charge in [-0.3, -0.25) is 14.2 Å². The maximum Gasteiger partial charge on any atom is 0.261 e. The molecule has 6 nitrogen and oxygen atoms in total. The maximum absolute atomic E-state index is 12.7. The van der Waals surface area contributed by atoms with Crippen LogP contribution in [-0.4, -0.2) is 26.9 Å². The van der Waals surface area contributed by atoms with Crippen LogP contribution in [0.15, 0.2) is 58.2 Å². The first kappa shape index (κ1) is 17.9. The number of amides is 1. The van der Waals surface area contributed by atoms with Gasteiger partial charge in [-0.1, -0.05) is 25.5 Å². The summed E-state index contributed by atoms with van der Waals surface area (Å²) in [7, 11) is 0. The van der Waals surface area contributed by atoms with E-state index in [2.05, 4.69) is 11.9 Å². The third-order valence-electron chi connectivity index (χ3n) is 4.36. The van der Waals surface area contributed by atoms with Crippen molar-refractivity contribution < 1.29 is 9.21 Å². The molecule has 1 amide bonds. The van der Waals surface area contributed by atoms with Crippen LogP contribution in [0.3, 0.4) is 0 Å². The van der Waals surface area contributed by atoms with E-state index in [1.54, 1.807) is 17.2 Å². The summed E-state index contributed by atoms with van der Waals surface area (Å²) in [4.78, 5) is 31.3. The van der Waals surface area contributed by atoms with Gasteiger partial charge < -0.3 is 9.32 Å². The Hall–Kier alpha value is -2.89. The molecule has 0 spiro atoms. The number of rotatable bonds is 8. The van der Waals surface area contributed by atoms with Crippen LogP contribution in [0.1, 0.15) is 31.9 Å². The summed E-state index contributed by atoms with van der Waals surface area (Å²) >= 11 is 0. The standard InChI is InChI=1S/C20H23N3O3/c1-2-3-11-22(14-16-7-6-13-26-16)19(24)10-12-23-15-21-18-9-5-4-8-17(18)20(23)25/h4-9,13,15H,2-3,10-12,14H2,1H3. The lowest BCUT2D eigenvalue weighted by Gasteiger charge is -2.21. The van der Waals surface area contributed by atoms with Crippen molar-refractivity contribution in [3.8, 4) is 0 Å². The normalized spacial score (nSPS) is 11.0. The van der Waals surface area contributed by atoms with E-state index >= 15 is 0 Å². The molecule has 0 bridgehead atoms. The van der Waals surface area contributed by atoms with E-state index in [4.69, 9.17) is 4.42 Å². The first-order valence-electron chi connectivity index (χ1n) is 8.93. The molecule has 0 aliphatic carbocycles. The van der Waals surface area contributed by atoms with Crippen molar-refractivity contribution in [2.45, 2.75) is 39.3 Å². The third-order valence-corrected chi connectivity index (χ3v) is 4.36. The van der Waals surface area contributed by atoms with Crippen molar-refractivity contribution >= 4 is 16.8 Å². The Morgan fingerprint density at radius 1 is 1.23 bits per heavy atom. The topological polar surface area (TPSA) is 68.3 Å². The van der Waals surface area contributed by atoms with Crippen molar-refractivity contribution in [1.82, 2.24) is 14.5 Å². The lowest BCUT2D eigenvalue weighted by atomic mass is 10.2. The van der Waals surface area contributed by atoms with Gasteiger partial charge in [-0.05, 0) is 30.7 Å². The number of carbonyl (C=O) groups is 1. The van der Waals surface area contributed by atoms with E-state index < -0.39 is 0 Å². The number of hydrogen-bond donors (Lipinski definition) is 0. The summed E-state index contributed by atoms with van der Waals surface area (Å²) in [6, 6.07) is 10.9. The zero-order chi connectivity index (χ0) is 18.4. The molecule has 0 saturated heterocycles. The van der Waals surface area contributed by atoms with Crippen LogP contribution in [0.25, 0.3) is 10.9 Å². The number of carbonyl (C=O) groups excluding carboxylic acids is 1. The summed E-state index contributed by atoms with van der Waals surface area (Å²) in [5.41, 5.74) is 0.553. The quantitative estimate of drug-likeness (QED) is 0.624. The van der Waals surface area contributed by atoms with Crippen LogP contribution >= 0.6 is 0 Å². The number of hydrogen-bond acceptors (Lipinski definition) is 4. The molecule has 0 aliphatic rings. The van der Waals surface area contributed by atoms with E-state index in [9.17, 15) is 9.59 Å². The molecule has 3 rings (SSSR count). The SMILES string of the molecule is CCCCN(Cc1ccco1)C(=O)CCn1cnc2ccccc2c1=O. The van der Waals surface area contributed by atoms with Crippen LogP contribution in [0.2, 0.25) is 0 Å². The van der Waals surface area contributed by atoms with E-state index in [1.165, 1.54) is 10.9 Å². The van der Waals surface area contributed by atoms with E-state index in [0.29, 0.717) is 30.5 Å². The highest BCUT2D eigenvalue weighted by atomic mass is 16.3. The predicted octanol–water partition coefficient (Wildman–Crippen LogP) is 3.21. The summed E-state index contributed by atoms with van der Waals surface area (Å²) in [5.74, 6) is 0.772. The largest absolute Gasteiger partial charge is 0.467 e. The molecule has 6 heteroatoms. The smallest absolute Gasteiger partial charge is 0.261 e. The molecule has 0 saturated carbocycles. The first-order valence-corrected chi connectivity index (χ1v) is 8.93. The molecule has 0 atom stereocenters. The van der Waals surface area contributed by atoms with Crippen LogP contribution in [0, 0.1) is 0 Å². The summed E-state index contributed by atoms with van der Waals surface area (Å²) in [6.07, 6.45) is 5.32.